The zero-order valence-electron chi connectivity index (χ0n) is 8.59. The van der Waals surface area contributed by atoms with Crippen molar-refractivity contribution in [2.45, 2.75) is 25.3 Å². The molecule has 16 heavy (non-hydrogen) atoms. The largest absolute Gasteiger partial charge is 0.335 e. The van der Waals surface area contributed by atoms with Crippen LogP contribution in [0, 0.1) is 11.6 Å². The Kier molecular flexibility index (Phi) is 3.03. The predicted octanol–water partition coefficient (Wildman–Crippen LogP) is 2.64. The second-order valence-corrected chi connectivity index (χ2v) is 3.86. The van der Waals surface area contributed by atoms with Crippen LogP contribution in [0.15, 0.2) is 18.2 Å². The lowest BCUT2D eigenvalue weighted by atomic mass is 9.93. The molecule has 1 aliphatic rings. The van der Waals surface area contributed by atoms with Crippen LogP contribution in [0.4, 0.5) is 19.3 Å². The quantitative estimate of drug-likeness (QED) is 0.799. The van der Waals surface area contributed by atoms with Crippen molar-refractivity contribution in [3.05, 3.63) is 29.8 Å². The van der Waals surface area contributed by atoms with Gasteiger partial charge in [0, 0.05) is 17.8 Å². The molecule has 1 aromatic carbocycles. The van der Waals surface area contributed by atoms with E-state index in [9.17, 15) is 13.6 Å². The lowest BCUT2D eigenvalue weighted by Crippen LogP contribution is -2.41. The van der Waals surface area contributed by atoms with Gasteiger partial charge < -0.3 is 10.6 Å². The van der Waals surface area contributed by atoms with Crippen molar-refractivity contribution in [3.8, 4) is 0 Å². The minimum Gasteiger partial charge on any atom is -0.335 e. The third kappa shape index (κ3) is 2.48. The highest BCUT2D eigenvalue weighted by atomic mass is 19.2. The fraction of sp³-hybridized carbons (Fsp3) is 0.364. The molecule has 0 unspecified atom stereocenters. The van der Waals surface area contributed by atoms with Crippen LogP contribution >= 0.6 is 0 Å². The number of rotatable bonds is 2. The van der Waals surface area contributed by atoms with Crippen LogP contribution in [-0.4, -0.2) is 12.1 Å². The van der Waals surface area contributed by atoms with E-state index < -0.39 is 11.6 Å². The van der Waals surface area contributed by atoms with E-state index in [1.54, 1.807) is 0 Å². The zero-order valence-corrected chi connectivity index (χ0v) is 8.59. The second-order valence-electron chi connectivity index (χ2n) is 3.86. The molecule has 0 aliphatic heterocycles. The van der Waals surface area contributed by atoms with Gasteiger partial charge in [-0.05, 0) is 31.4 Å². The number of carbonyl (C=O) groups is 1. The SMILES string of the molecule is O=C(Nc1ccc(F)c(F)c1)NC1CCC1. The molecule has 1 saturated carbocycles. The summed E-state index contributed by atoms with van der Waals surface area (Å²) in [7, 11) is 0. The molecule has 0 bridgehead atoms. The second kappa shape index (κ2) is 4.47. The van der Waals surface area contributed by atoms with Gasteiger partial charge in [0.15, 0.2) is 11.6 Å². The molecule has 0 spiro atoms. The van der Waals surface area contributed by atoms with Crippen molar-refractivity contribution < 1.29 is 13.6 Å². The van der Waals surface area contributed by atoms with Crippen LogP contribution in [0.1, 0.15) is 19.3 Å². The van der Waals surface area contributed by atoms with Gasteiger partial charge in [-0.3, -0.25) is 0 Å². The van der Waals surface area contributed by atoms with Crippen molar-refractivity contribution in [1.82, 2.24) is 5.32 Å². The Morgan fingerprint density at radius 3 is 2.56 bits per heavy atom. The average molecular weight is 226 g/mol. The van der Waals surface area contributed by atoms with Gasteiger partial charge in [-0.2, -0.15) is 0 Å². The van der Waals surface area contributed by atoms with Crippen LogP contribution in [0.3, 0.4) is 0 Å². The number of benzene rings is 1. The first-order valence-corrected chi connectivity index (χ1v) is 5.18. The van der Waals surface area contributed by atoms with Gasteiger partial charge >= 0.3 is 6.03 Å². The molecule has 2 amide bonds. The van der Waals surface area contributed by atoms with Gasteiger partial charge in [-0.1, -0.05) is 0 Å². The third-order valence-corrected chi connectivity index (χ3v) is 2.62. The van der Waals surface area contributed by atoms with Gasteiger partial charge in [0.05, 0.1) is 0 Å². The number of nitrogens with one attached hydrogen (secondary N) is 2. The topological polar surface area (TPSA) is 41.1 Å². The summed E-state index contributed by atoms with van der Waals surface area (Å²) in [4.78, 5) is 11.4. The van der Waals surface area contributed by atoms with E-state index in [0.29, 0.717) is 0 Å². The predicted molar refractivity (Wildman–Crippen MR) is 56.2 cm³/mol. The van der Waals surface area contributed by atoms with E-state index in [1.165, 1.54) is 6.07 Å². The molecular formula is C11H12F2N2O. The normalized spacial score (nSPS) is 15.4. The van der Waals surface area contributed by atoms with E-state index in [1.807, 2.05) is 0 Å². The summed E-state index contributed by atoms with van der Waals surface area (Å²) in [6.07, 6.45) is 3.08. The van der Waals surface area contributed by atoms with Crippen molar-refractivity contribution in [2.75, 3.05) is 5.32 Å². The molecule has 2 rings (SSSR count). The standard InChI is InChI=1S/C11H12F2N2O/c12-9-5-4-8(6-10(9)13)15-11(16)14-7-2-1-3-7/h4-7H,1-3H2,(H2,14,15,16). The van der Waals surface area contributed by atoms with Crippen LogP contribution in [0.2, 0.25) is 0 Å². The molecule has 86 valence electrons. The highest BCUT2D eigenvalue weighted by Crippen LogP contribution is 2.18. The van der Waals surface area contributed by atoms with Crippen LogP contribution in [0.5, 0.6) is 0 Å². The van der Waals surface area contributed by atoms with Crippen molar-refractivity contribution >= 4 is 11.7 Å². The molecule has 2 N–H and O–H groups in total. The fourth-order valence-electron chi connectivity index (χ4n) is 1.48. The summed E-state index contributed by atoms with van der Waals surface area (Å²) < 4.78 is 25.4. The maximum Gasteiger partial charge on any atom is 0.319 e. The van der Waals surface area contributed by atoms with E-state index >= 15 is 0 Å². The molecule has 5 heteroatoms. The number of urea groups is 1. The molecule has 3 nitrogen and oxygen atoms in total. The maximum absolute atomic E-state index is 12.8. The van der Waals surface area contributed by atoms with Gasteiger partial charge in [0.2, 0.25) is 0 Å². The van der Waals surface area contributed by atoms with Crippen LogP contribution in [0.25, 0.3) is 0 Å². The van der Waals surface area contributed by atoms with Gasteiger partial charge in [0.25, 0.3) is 0 Å². The van der Waals surface area contributed by atoms with Crippen LogP contribution < -0.4 is 10.6 Å². The summed E-state index contributed by atoms with van der Waals surface area (Å²) >= 11 is 0. The molecule has 0 aromatic heterocycles. The summed E-state index contributed by atoms with van der Waals surface area (Å²) in [5.74, 6) is -1.90. The summed E-state index contributed by atoms with van der Waals surface area (Å²) in [6, 6.07) is 3.09. The molecule has 0 radical (unpaired) electrons. The molecule has 0 atom stereocenters. The summed E-state index contributed by atoms with van der Waals surface area (Å²) in [5, 5.41) is 5.19. The minimum atomic E-state index is -0.971. The Hall–Kier alpha value is -1.65. The Balaban J connectivity index is 1.92. The van der Waals surface area contributed by atoms with Gasteiger partial charge in [0.1, 0.15) is 0 Å². The number of anilines is 1. The lowest BCUT2D eigenvalue weighted by Gasteiger charge is -2.26. The first kappa shape index (κ1) is 10.9. The van der Waals surface area contributed by atoms with Gasteiger partial charge in [-0.25, -0.2) is 13.6 Å². The van der Waals surface area contributed by atoms with Crippen molar-refractivity contribution in [1.29, 1.82) is 0 Å². The average Bonchev–Trinajstić information content (AvgIpc) is 2.18. The molecule has 0 heterocycles. The molecular weight excluding hydrogens is 214 g/mol. The number of hydrogen-bond donors (Lipinski definition) is 2. The number of hydrogen-bond acceptors (Lipinski definition) is 1. The maximum atomic E-state index is 12.8. The Morgan fingerprint density at radius 1 is 1.25 bits per heavy atom. The minimum absolute atomic E-state index is 0.213. The Labute approximate surface area is 91.8 Å². The first-order valence-electron chi connectivity index (χ1n) is 5.18. The monoisotopic (exact) mass is 226 g/mol. The Bertz CT molecular complexity index is 405. The van der Waals surface area contributed by atoms with E-state index in [4.69, 9.17) is 0 Å². The summed E-state index contributed by atoms with van der Waals surface area (Å²) in [5.41, 5.74) is 0.246. The Morgan fingerprint density at radius 2 is 2.00 bits per heavy atom. The lowest BCUT2D eigenvalue weighted by molar-refractivity contribution is 0.240. The fourth-order valence-corrected chi connectivity index (χ4v) is 1.48. The molecule has 1 aliphatic carbocycles. The zero-order chi connectivity index (χ0) is 11.5. The molecule has 0 saturated heterocycles. The van der Waals surface area contributed by atoms with E-state index in [-0.39, 0.29) is 17.8 Å². The number of halogens is 2. The number of amides is 2. The molecule has 1 aromatic rings. The number of carbonyl (C=O) groups excluding carboxylic acids is 1. The van der Waals surface area contributed by atoms with E-state index in [2.05, 4.69) is 10.6 Å². The van der Waals surface area contributed by atoms with Crippen LogP contribution in [-0.2, 0) is 0 Å². The van der Waals surface area contributed by atoms with Gasteiger partial charge in [-0.15, -0.1) is 0 Å². The van der Waals surface area contributed by atoms with E-state index in [0.717, 1.165) is 31.4 Å². The highest BCUT2D eigenvalue weighted by Gasteiger charge is 2.19. The smallest absolute Gasteiger partial charge is 0.319 e. The molecule has 1 fully saturated rings. The third-order valence-electron chi connectivity index (χ3n) is 2.62. The summed E-state index contributed by atoms with van der Waals surface area (Å²) in [6.45, 7) is 0. The van der Waals surface area contributed by atoms with Crippen molar-refractivity contribution in [2.24, 2.45) is 0 Å². The first-order chi connectivity index (χ1) is 7.65. The highest BCUT2D eigenvalue weighted by molar-refractivity contribution is 5.89. The van der Waals surface area contributed by atoms with Crippen molar-refractivity contribution in [3.63, 3.8) is 0 Å².